The van der Waals surface area contributed by atoms with Gasteiger partial charge in [0.15, 0.2) is 6.10 Å². The number of quaternary nitrogens is 1. The molecule has 3 unspecified atom stereocenters. The number of hydrogen-bond donors (Lipinski definition) is 2. The van der Waals surface area contributed by atoms with Crippen molar-refractivity contribution in [3.8, 4) is 0 Å². The molecule has 12 nitrogen and oxygen atoms in total. The molecular formula is C44H56ClN4O8+. The maximum Gasteiger partial charge on any atom is 0.452 e. The van der Waals surface area contributed by atoms with Crippen LogP contribution in [0.5, 0.6) is 0 Å². The largest absolute Gasteiger partial charge is 0.463 e. The molecular weight excluding hydrogens is 748 g/mol. The molecule has 0 bridgehead atoms. The third kappa shape index (κ3) is 10.9. The van der Waals surface area contributed by atoms with Gasteiger partial charge in [0.2, 0.25) is 5.78 Å². The predicted octanol–water partition coefficient (Wildman–Crippen LogP) is 9.47. The number of rotatable bonds is 21. The van der Waals surface area contributed by atoms with Gasteiger partial charge in [-0.3, -0.25) is 9.59 Å². The SMILES string of the molecule is CCCCCCCCCCCCOC(=O)C(C)OC(=O)c1cccc(NC(=O)C(Cl)(C(=O)C(C)(C)C)[N+]2(Cc3ccccc3)C(=O)NC(=O)N2c2ccccc2)c1. The van der Waals surface area contributed by atoms with Crippen LogP contribution in [-0.2, 0) is 30.4 Å². The number of hydrogen-bond acceptors (Lipinski definition) is 8. The van der Waals surface area contributed by atoms with Crippen molar-refractivity contribution in [1.82, 2.24) is 5.32 Å². The van der Waals surface area contributed by atoms with E-state index in [0.717, 1.165) is 24.3 Å². The van der Waals surface area contributed by atoms with E-state index >= 15 is 0 Å². The maximum absolute atomic E-state index is 14.8. The Morgan fingerprint density at radius 3 is 1.98 bits per heavy atom. The summed E-state index contributed by atoms with van der Waals surface area (Å²) in [5.41, 5.74) is -0.579. The van der Waals surface area contributed by atoms with Gasteiger partial charge in [0, 0.05) is 16.7 Å². The number of unbranched alkanes of at least 4 members (excludes halogenated alkanes) is 9. The summed E-state index contributed by atoms with van der Waals surface area (Å²) in [6.07, 6.45) is 10.2. The van der Waals surface area contributed by atoms with Crippen molar-refractivity contribution in [3.63, 3.8) is 0 Å². The summed E-state index contributed by atoms with van der Waals surface area (Å²) in [7, 11) is 0. The Bertz CT molecular complexity index is 1870. The lowest BCUT2D eigenvalue weighted by Gasteiger charge is -2.46. The van der Waals surface area contributed by atoms with Crippen molar-refractivity contribution in [3.05, 3.63) is 96.1 Å². The molecule has 3 atom stereocenters. The summed E-state index contributed by atoms with van der Waals surface area (Å²) in [6, 6.07) is 20.5. The molecule has 1 aliphatic heterocycles. The van der Waals surface area contributed by atoms with E-state index < -0.39 is 56.8 Å². The van der Waals surface area contributed by atoms with E-state index in [1.807, 2.05) is 0 Å². The average molecular weight is 804 g/mol. The van der Waals surface area contributed by atoms with Gasteiger partial charge in [-0.05, 0) is 55.3 Å². The van der Waals surface area contributed by atoms with E-state index in [9.17, 15) is 28.8 Å². The van der Waals surface area contributed by atoms with Gasteiger partial charge >= 0.3 is 34.9 Å². The molecule has 0 radical (unpaired) electrons. The van der Waals surface area contributed by atoms with Crippen LogP contribution in [0.25, 0.3) is 0 Å². The number of Topliss-reactive ketones (excluding diaryl/α,β-unsaturated/α-hetero) is 1. The number of nitrogens with one attached hydrogen (secondary N) is 2. The quantitative estimate of drug-likeness (QED) is 0.0270. The standard InChI is InChI=1S/C44H55ClN4O8/c1-6-7-8-9-10-11-12-13-14-21-29-56-37(50)32(2)57-38(51)34-25-22-26-35(30-34)46-40(53)44(45,39(52)43(3,4)5)49(31-33-23-17-15-18-24-33)42(55)47-41(54)48(49)36-27-19-16-20-28-36/h15-20,22-28,30,32H,6-14,21,29,31H2,1-5H3,(H-,46,47,53,54,55)/p+1. The summed E-state index contributed by atoms with van der Waals surface area (Å²) in [4.78, 5) is 80.4. The van der Waals surface area contributed by atoms with Crippen molar-refractivity contribution >= 4 is 58.7 Å². The molecule has 1 aliphatic rings. The lowest BCUT2D eigenvalue weighted by Crippen LogP contribution is -2.77. The van der Waals surface area contributed by atoms with Crippen LogP contribution in [0.4, 0.5) is 21.0 Å². The summed E-state index contributed by atoms with van der Waals surface area (Å²) in [5.74, 6) is -3.51. The van der Waals surface area contributed by atoms with Crippen LogP contribution in [-0.4, -0.2) is 58.0 Å². The Balaban J connectivity index is 1.52. The highest BCUT2D eigenvalue weighted by molar-refractivity contribution is 6.47. The van der Waals surface area contributed by atoms with Gasteiger partial charge in [-0.1, -0.05) is 145 Å². The zero-order valence-electron chi connectivity index (χ0n) is 33.7. The van der Waals surface area contributed by atoms with Crippen LogP contribution >= 0.6 is 11.6 Å². The van der Waals surface area contributed by atoms with Crippen LogP contribution in [0.1, 0.15) is 115 Å². The zero-order chi connectivity index (χ0) is 41.6. The number of carbonyl (C=O) groups is 6. The van der Waals surface area contributed by atoms with Crippen molar-refractivity contribution in [2.45, 2.75) is 116 Å². The lowest BCUT2D eigenvalue weighted by molar-refractivity contribution is -0.877. The van der Waals surface area contributed by atoms with Crippen LogP contribution < -0.4 is 15.6 Å². The van der Waals surface area contributed by atoms with E-state index in [1.54, 1.807) is 81.4 Å². The highest BCUT2D eigenvalue weighted by Gasteiger charge is 2.75. The first-order valence-corrected chi connectivity index (χ1v) is 20.2. The van der Waals surface area contributed by atoms with Crippen LogP contribution in [0.2, 0.25) is 0 Å². The van der Waals surface area contributed by atoms with Gasteiger partial charge in [-0.2, -0.15) is 0 Å². The first-order chi connectivity index (χ1) is 27.2. The molecule has 0 spiro atoms. The van der Waals surface area contributed by atoms with E-state index in [2.05, 4.69) is 17.6 Å². The van der Waals surface area contributed by atoms with Gasteiger partial charge in [0.1, 0.15) is 12.2 Å². The van der Waals surface area contributed by atoms with E-state index in [1.165, 1.54) is 69.7 Å². The second-order valence-corrected chi connectivity index (χ2v) is 16.0. The number of para-hydroxylation sites is 1. The molecule has 4 rings (SSSR count). The maximum atomic E-state index is 14.8. The Hall–Kier alpha value is -5.07. The third-order valence-electron chi connectivity index (χ3n) is 9.85. The molecule has 0 aliphatic carbocycles. The fourth-order valence-electron chi connectivity index (χ4n) is 6.77. The summed E-state index contributed by atoms with van der Waals surface area (Å²) in [5, 5.41) is 5.96. The molecule has 13 heteroatoms. The van der Waals surface area contributed by atoms with Crippen LogP contribution in [0.3, 0.4) is 0 Å². The van der Waals surface area contributed by atoms with Gasteiger partial charge in [-0.15, -0.1) is 5.01 Å². The lowest BCUT2D eigenvalue weighted by atomic mass is 9.84. The van der Waals surface area contributed by atoms with Crippen molar-refractivity contribution < 1.29 is 42.8 Å². The summed E-state index contributed by atoms with van der Waals surface area (Å²) < 4.78 is 9.47. The topological polar surface area (TPSA) is 148 Å². The monoisotopic (exact) mass is 803 g/mol. The van der Waals surface area contributed by atoms with Gasteiger partial charge in [-0.25, -0.2) is 24.5 Å². The number of amides is 5. The number of benzene rings is 3. The molecule has 3 aromatic rings. The third-order valence-corrected chi connectivity index (χ3v) is 10.5. The molecule has 0 saturated carbocycles. The molecule has 5 amide bonds. The second-order valence-electron chi connectivity index (χ2n) is 15.4. The van der Waals surface area contributed by atoms with E-state index in [0.29, 0.717) is 12.0 Å². The van der Waals surface area contributed by atoms with Crippen LogP contribution in [0, 0.1) is 5.41 Å². The fraction of sp³-hybridized carbons (Fsp3) is 0.455. The van der Waals surface area contributed by atoms with Crippen molar-refractivity contribution in [2.75, 3.05) is 16.9 Å². The number of urea groups is 2. The van der Waals surface area contributed by atoms with Crippen molar-refractivity contribution in [2.24, 2.45) is 5.41 Å². The highest BCUT2D eigenvalue weighted by atomic mass is 35.5. The minimum atomic E-state index is -2.79. The Kier molecular flexibility index (Phi) is 16.0. The van der Waals surface area contributed by atoms with E-state index in [4.69, 9.17) is 21.1 Å². The molecule has 1 fully saturated rings. The normalized spacial score (nSPS) is 17.0. The number of ether oxygens (including phenoxy) is 2. The zero-order valence-corrected chi connectivity index (χ0v) is 34.4. The summed E-state index contributed by atoms with van der Waals surface area (Å²) >= 11 is 7.42. The molecule has 1 heterocycles. The molecule has 2 N–H and O–H groups in total. The van der Waals surface area contributed by atoms with Crippen molar-refractivity contribution in [1.29, 1.82) is 0 Å². The molecule has 306 valence electrons. The number of esters is 2. The van der Waals surface area contributed by atoms with E-state index in [-0.39, 0.29) is 30.1 Å². The molecule has 57 heavy (non-hydrogen) atoms. The molecule has 1 saturated heterocycles. The van der Waals surface area contributed by atoms with Gasteiger partial charge < -0.3 is 14.8 Å². The predicted molar refractivity (Wildman–Crippen MR) is 219 cm³/mol. The minimum absolute atomic E-state index is 0.0161. The van der Waals surface area contributed by atoms with Gasteiger partial charge in [0.05, 0.1) is 12.2 Å². The van der Waals surface area contributed by atoms with Crippen LogP contribution in [0.15, 0.2) is 84.9 Å². The molecule has 3 aromatic carbocycles. The number of alkyl halides is 1. The Labute approximate surface area is 340 Å². The Morgan fingerprint density at radius 1 is 0.807 bits per heavy atom. The second kappa shape index (κ2) is 20.4. The first-order valence-electron chi connectivity index (χ1n) is 19.8. The number of halogens is 1. The number of imide groups is 1. The first kappa shape index (κ1) is 44.6. The Morgan fingerprint density at radius 2 is 1.39 bits per heavy atom. The number of ketones is 1. The highest BCUT2D eigenvalue weighted by Crippen LogP contribution is 2.45. The number of carbonyl (C=O) groups excluding carboxylic acids is 6. The number of nitrogens with zero attached hydrogens (tertiary/aromatic N) is 2. The van der Waals surface area contributed by atoms with Gasteiger partial charge in [0.25, 0.3) is 0 Å². The minimum Gasteiger partial charge on any atom is -0.463 e. The number of anilines is 2. The molecule has 0 aromatic heterocycles. The summed E-state index contributed by atoms with van der Waals surface area (Å²) in [6.45, 7) is 8.15. The smallest absolute Gasteiger partial charge is 0.452 e. The average Bonchev–Trinajstić information content (AvgIpc) is 3.45. The fourth-order valence-corrected chi connectivity index (χ4v) is 7.32.